The molecule has 0 bridgehead atoms. The summed E-state index contributed by atoms with van der Waals surface area (Å²) in [6.45, 7) is 0. The van der Waals surface area contributed by atoms with Crippen molar-refractivity contribution in [2.24, 2.45) is 11.7 Å². The lowest BCUT2D eigenvalue weighted by molar-refractivity contribution is -0.122. The molecule has 1 aliphatic carbocycles. The van der Waals surface area contributed by atoms with Gasteiger partial charge in [-0.2, -0.15) is 0 Å². The van der Waals surface area contributed by atoms with Gasteiger partial charge in [0.25, 0.3) is 0 Å². The zero-order chi connectivity index (χ0) is 12.3. The van der Waals surface area contributed by atoms with Crippen LogP contribution in [0.15, 0.2) is 24.3 Å². The van der Waals surface area contributed by atoms with Crippen molar-refractivity contribution in [1.82, 2.24) is 0 Å². The minimum atomic E-state index is -0.393. The van der Waals surface area contributed by atoms with E-state index < -0.39 is 5.91 Å². The van der Waals surface area contributed by atoms with E-state index in [0.29, 0.717) is 5.69 Å². The first-order valence-corrected chi connectivity index (χ1v) is 5.84. The second kappa shape index (κ2) is 4.99. The van der Waals surface area contributed by atoms with E-state index in [4.69, 9.17) is 5.73 Å². The number of para-hydroxylation sites is 1. The summed E-state index contributed by atoms with van der Waals surface area (Å²) in [6, 6.07) is 7.27. The lowest BCUT2D eigenvalue weighted by Gasteiger charge is -2.24. The predicted octanol–water partition coefficient (Wildman–Crippen LogP) is 1.45. The molecular formula is C13H16N2O2. The standard InChI is InChI=1S/C13H16N2O2/c14-12(16)8-10-4-1-2-7-11(10)15-13(17)9-5-3-6-9/h1-2,4,7,9H,3,5-6,8H2,(H2,14,16)(H,15,17). The summed E-state index contributed by atoms with van der Waals surface area (Å²) in [7, 11) is 0. The number of primary amides is 1. The van der Waals surface area contributed by atoms with Crippen molar-refractivity contribution in [3.63, 3.8) is 0 Å². The largest absolute Gasteiger partial charge is 0.369 e. The average Bonchev–Trinajstić information content (AvgIpc) is 2.17. The second-order valence-corrected chi connectivity index (χ2v) is 4.42. The topological polar surface area (TPSA) is 72.2 Å². The van der Waals surface area contributed by atoms with Crippen molar-refractivity contribution in [3.05, 3.63) is 29.8 Å². The molecule has 17 heavy (non-hydrogen) atoms. The Balaban J connectivity index is 2.08. The van der Waals surface area contributed by atoms with Crippen LogP contribution < -0.4 is 11.1 Å². The first-order valence-electron chi connectivity index (χ1n) is 5.84. The molecule has 3 N–H and O–H groups in total. The molecule has 0 aliphatic heterocycles. The zero-order valence-electron chi connectivity index (χ0n) is 9.61. The molecule has 0 heterocycles. The molecular weight excluding hydrogens is 216 g/mol. The Hall–Kier alpha value is -1.84. The van der Waals surface area contributed by atoms with Gasteiger partial charge in [0.2, 0.25) is 11.8 Å². The molecule has 4 nitrogen and oxygen atoms in total. The first-order chi connectivity index (χ1) is 8.16. The molecule has 0 atom stereocenters. The molecule has 0 aromatic heterocycles. The molecule has 0 unspecified atom stereocenters. The third-order valence-corrected chi connectivity index (χ3v) is 3.12. The number of nitrogens with two attached hydrogens (primary N) is 1. The zero-order valence-corrected chi connectivity index (χ0v) is 9.61. The van der Waals surface area contributed by atoms with E-state index in [-0.39, 0.29) is 18.2 Å². The third kappa shape index (κ3) is 2.84. The van der Waals surface area contributed by atoms with E-state index in [9.17, 15) is 9.59 Å². The maximum Gasteiger partial charge on any atom is 0.227 e. The SMILES string of the molecule is NC(=O)Cc1ccccc1NC(=O)C1CCC1. The van der Waals surface area contributed by atoms with Gasteiger partial charge < -0.3 is 11.1 Å². The molecule has 1 aliphatic rings. The molecule has 1 aromatic carbocycles. The summed E-state index contributed by atoms with van der Waals surface area (Å²) in [6.07, 6.45) is 3.20. The van der Waals surface area contributed by atoms with Gasteiger partial charge in [-0.15, -0.1) is 0 Å². The molecule has 4 heteroatoms. The summed E-state index contributed by atoms with van der Waals surface area (Å²) < 4.78 is 0. The lowest BCUT2D eigenvalue weighted by Crippen LogP contribution is -2.28. The summed E-state index contributed by atoms with van der Waals surface area (Å²) in [4.78, 5) is 22.7. The third-order valence-electron chi connectivity index (χ3n) is 3.12. The Labute approximate surface area is 100 Å². The van der Waals surface area contributed by atoms with Crippen molar-refractivity contribution >= 4 is 17.5 Å². The Bertz CT molecular complexity index is 439. The normalized spacial score (nSPS) is 15.1. The lowest BCUT2D eigenvalue weighted by atomic mass is 9.84. The van der Waals surface area contributed by atoms with E-state index in [1.54, 1.807) is 12.1 Å². The molecule has 0 saturated heterocycles. The smallest absolute Gasteiger partial charge is 0.227 e. The Morgan fingerprint density at radius 1 is 1.29 bits per heavy atom. The van der Waals surface area contributed by atoms with Gasteiger partial charge in [-0.05, 0) is 24.5 Å². The van der Waals surface area contributed by atoms with Crippen LogP contribution in [-0.4, -0.2) is 11.8 Å². The van der Waals surface area contributed by atoms with Gasteiger partial charge in [0.05, 0.1) is 6.42 Å². The predicted molar refractivity (Wildman–Crippen MR) is 65.3 cm³/mol. The number of amides is 2. The number of rotatable bonds is 4. The van der Waals surface area contributed by atoms with Crippen LogP contribution in [0.1, 0.15) is 24.8 Å². The molecule has 0 spiro atoms. The van der Waals surface area contributed by atoms with Crippen molar-refractivity contribution in [1.29, 1.82) is 0 Å². The number of benzene rings is 1. The maximum atomic E-state index is 11.8. The highest BCUT2D eigenvalue weighted by atomic mass is 16.2. The molecule has 2 rings (SSSR count). The summed E-state index contributed by atoms with van der Waals surface area (Å²) in [5.41, 5.74) is 6.64. The van der Waals surface area contributed by atoms with Gasteiger partial charge in [-0.25, -0.2) is 0 Å². The quantitative estimate of drug-likeness (QED) is 0.824. The van der Waals surface area contributed by atoms with Crippen LogP contribution in [-0.2, 0) is 16.0 Å². The van der Waals surface area contributed by atoms with Gasteiger partial charge >= 0.3 is 0 Å². The number of anilines is 1. The highest BCUT2D eigenvalue weighted by Gasteiger charge is 2.25. The van der Waals surface area contributed by atoms with E-state index in [0.717, 1.165) is 24.8 Å². The average molecular weight is 232 g/mol. The fourth-order valence-corrected chi connectivity index (χ4v) is 1.89. The Morgan fingerprint density at radius 2 is 2.00 bits per heavy atom. The molecule has 2 amide bonds. The monoisotopic (exact) mass is 232 g/mol. The second-order valence-electron chi connectivity index (χ2n) is 4.42. The summed E-state index contributed by atoms with van der Waals surface area (Å²) in [5.74, 6) is -0.208. The van der Waals surface area contributed by atoms with E-state index in [1.807, 2.05) is 12.1 Å². The molecule has 1 saturated carbocycles. The number of hydrogen-bond donors (Lipinski definition) is 2. The molecule has 90 valence electrons. The summed E-state index contributed by atoms with van der Waals surface area (Å²) >= 11 is 0. The van der Waals surface area contributed by atoms with Crippen molar-refractivity contribution in [2.75, 3.05) is 5.32 Å². The number of nitrogens with one attached hydrogen (secondary N) is 1. The Kier molecular flexibility index (Phi) is 3.42. The van der Waals surface area contributed by atoms with Gasteiger partial charge in [-0.1, -0.05) is 24.6 Å². The van der Waals surface area contributed by atoms with Crippen LogP contribution in [0.25, 0.3) is 0 Å². The minimum Gasteiger partial charge on any atom is -0.369 e. The van der Waals surface area contributed by atoms with Crippen LogP contribution in [0, 0.1) is 5.92 Å². The highest BCUT2D eigenvalue weighted by molar-refractivity contribution is 5.94. The molecule has 1 fully saturated rings. The van der Waals surface area contributed by atoms with E-state index in [2.05, 4.69) is 5.32 Å². The van der Waals surface area contributed by atoms with Crippen LogP contribution in [0.4, 0.5) is 5.69 Å². The van der Waals surface area contributed by atoms with Crippen LogP contribution in [0.5, 0.6) is 0 Å². The van der Waals surface area contributed by atoms with Crippen LogP contribution in [0.3, 0.4) is 0 Å². The van der Waals surface area contributed by atoms with Gasteiger partial charge in [-0.3, -0.25) is 9.59 Å². The van der Waals surface area contributed by atoms with E-state index in [1.165, 1.54) is 0 Å². The van der Waals surface area contributed by atoms with Gasteiger partial charge in [0.1, 0.15) is 0 Å². The van der Waals surface area contributed by atoms with E-state index >= 15 is 0 Å². The number of carbonyl (C=O) groups is 2. The summed E-state index contributed by atoms with van der Waals surface area (Å²) in [5, 5.41) is 2.87. The van der Waals surface area contributed by atoms with Crippen molar-refractivity contribution in [2.45, 2.75) is 25.7 Å². The number of carbonyl (C=O) groups excluding carboxylic acids is 2. The fourth-order valence-electron chi connectivity index (χ4n) is 1.89. The van der Waals surface area contributed by atoms with Crippen LogP contribution >= 0.6 is 0 Å². The number of hydrogen-bond acceptors (Lipinski definition) is 2. The van der Waals surface area contributed by atoms with Crippen molar-refractivity contribution in [3.8, 4) is 0 Å². The minimum absolute atomic E-state index is 0.0492. The molecule has 0 radical (unpaired) electrons. The molecule has 1 aromatic rings. The maximum absolute atomic E-state index is 11.8. The van der Waals surface area contributed by atoms with Crippen LogP contribution in [0.2, 0.25) is 0 Å². The van der Waals surface area contributed by atoms with Gasteiger partial charge in [0, 0.05) is 11.6 Å². The van der Waals surface area contributed by atoms with Crippen molar-refractivity contribution < 1.29 is 9.59 Å². The fraction of sp³-hybridized carbons (Fsp3) is 0.385. The highest BCUT2D eigenvalue weighted by Crippen LogP contribution is 2.28. The first kappa shape index (κ1) is 11.6. The van der Waals surface area contributed by atoms with Gasteiger partial charge in [0.15, 0.2) is 0 Å². The Morgan fingerprint density at radius 3 is 2.59 bits per heavy atom.